The lowest BCUT2D eigenvalue weighted by molar-refractivity contribution is 0.0251. The molecule has 1 saturated heterocycles. The van der Waals surface area contributed by atoms with Gasteiger partial charge in [0.25, 0.3) is 5.92 Å². The Hall–Kier alpha value is -1.86. The third kappa shape index (κ3) is 2.82. The van der Waals surface area contributed by atoms with E-state index in [4.69, 9.17) is 0 Å². The first-order chi connectivity index (χ1) is 11.5. The number of alkyl halides is 2. The number of rotatable bonds is 5. The van der Waals surface area contributed by atoms with Crippen molar-refractivity contribution in [2.75, 3.05) is 19.6 Å². The van der Waals surface area contributed by atoms with Crippen molar-refractivity contribution in [3.8, 4) is 0 Å². The minimum absolute atomic E-state index is 0.312. The van der Waals surface area contributed by atoms with Crippen molar-refractivity contribution in [1.29, 1.82) is 0 Å². The summed E-state index contributed by atoms with van der Waals surface area (Å²) in [5.74, 6) is -4.04. The van der Waals surface area contributed by atoms with Gasteiger partial charge in [-0.3, -0.25) is 4.90 Å². The maximum Gasteiger partial charge on any atom is 0.260 e. The van der Waals surface area contributed by atoms with E-state index in [2.05, 4.69) is 10.3 Å². The van der Waals surface area contributed by atoms with Gasteiger partial charge in [-0.2, -0.15) is 0 Å². The fourth-order valence-electron chi connectivity index (χ4n) is 3.85. The van der Waals surface area contributed by atoms with E-state index in [-0.39, 0.29) is 0 Å². The van der Waals surface area contributed by atoms with Crippen LogP contribution in [0.4, 0.5) is 8.78 Å². The zero-order valence-corrected chi connectivity index (χ0v) is 13.2. The van der Waals surface area contributed by atoms with Gasteiger partial charge in [-0.1, -0.05) is 35.5 Å². The summed E-state index contributed by atoms with van der Waals surface area (Å²) < 4.78 is 30.0. The first kappa shape index (κ1) is 15.7. The Kier molecular flexibility index (Phi) is 3.65. The average Bonchev–Trinajstić information content (AvgIpc) is 2.96. The number of likely N-dealkylation sites (tertiary alicyclic amines) is 1. The zero-order chi connectivity index (χ0) is 16.8. The van der Waals surface area contributed by atoms with Crippen LogP contribution in [0.2, 0.25) is 0 Å². The molecule has 7 heteroatoms. The van der Waals surface area contributed by atoms with E-state index in [1.807, 2.05) is 11.0 Å². The van der Waals surface area contributed by atoms with Gasteiger partial charge in [0.2, 0.25) is 0 Å². The monoisotopic (exact) mass is 334 g/mol. The molecule has 1 N–H and O–H groups in total. The number of aliphatic hydroxyl groups is 1. The van der Waals surface area contributed by atoms with Gasteiger partial charge in [0.05, 0.1) is 24.3 Å². The van der Waals surface area contributed by atoms with Gasteiger partial charge in [0.15, 0.2) is 0 Å². The van der Waals surface area contributed by atoms with E-state index < -0.39 is 23.4 Å². The summed E-state index contributed by atoms with van der Waals surface area (Å²) >= 11 is 0. The molecular weight excluding hydrogens is 314 g/mol. The smallest absolute Gasteiger partial charge is 0.260 e. The average molecular weight is 334 g/mol. The fraction of sp³-hybridized carbons (Fsp3) is 0.529. The fourth-order valence-corrected chi connectivity index (χ4v) is 3.85. The molecule has 1 aromatic carbocycles. The molecule has 2 aliphatic rings. The summed E-state index contributed by atoms with van der Waals surface area (Å²) in [5.41, 5.74) is -0.232. The molecule has 0 amide bonds. The Morgan fingerprint density at radius 3 is 2.75 bits per heavy atom. The summed E-state index contributed by atoms with van der Waals surface area (Å²) in [6.45, 7) is 1.67. The van der Waals surface area contributed by atoms with Crippen molar-refractivity contribution in [2.24, 2.45) is 5.92 Å². The second kappa shape index (κ2) is 5.60. The van der Waals surface area contributed by atoms with Gasteiger partial charge in [-0.05, 0) is 12.0 Å². The van der Waals surface area contributed by atoms with Crippen molar-refractivity contribution in [1.82, 2.24) is 19.9 Å². The van der Waals surface area contributed by atoms with Crippen LogP contribution in [0.1, 0.15) is 17.9 Å². The van der Waals surface area contributed by atoms with E-state index in [9.17, 15) is 13.9 Å². The molecule has 1 aromatic heterocycles. The molecule has 1 aliphatic heterocycles. The van der Waals surface area contributed by atoms with Crippen LogP contribution in [0.25, 0.3) is 0 Å². The van der Waals surface area contributed by atoms with Crippen molar-refractivity contribution in [3.63, 3.8) is 0 Å². The highest BCUT2D eigenvalue weighted by atomic mass is 19.3. The Labute approximate surface area is 138 Å². The lowest BCUT2D eigenvalue weighted by Gasteiger charge is -2.23. The van der Waals surface area contributed by atoms with Gasteiger partial charge in [0, 0.05) is 31.7 Å². The number of hydrogen-bond donors (Lipinski definition) is 1. The van der Waals surface area contributed by atoms with Crippen LogP contribution in [-0.4, -0.2) is 56.2 Å². The Morgan fingerprint density at radius 2 is 2.04 bits per heavy atom. The number of benzene rings is 1. The summed E-state index contributed by atoms with van der Waals surface area (Å²) in [7, 11) is 0. The molecule has 2 heterocycles. The normalized spacial score (nSPS) is 32.1. The molecule has 2 fully saturated rings. The quantitative estimate of drug-likeness (QED) is 0.905. The number of aromatic nitrogens is 3. The highest BCUT2D eigenvalue weighted by Gasteiger charge is 2.68. The zero-order valence-electron chi connectivity index (χ0n) is 13.2. The number of halogens is 2. The predicted octanol–water partition coefficient (Wildman–Crippen LogP) is 1.76. The second-order valence-electron chi connectivity index (χ2n) is 6.98. The molecule has 2 aromatic rings. The molecule has 1 aliphatic carbocycles. The number of β-amino-alcohol motifs (C(OH)–C–C–N with tert-alkyl or cyclic N) is 1. The third-order valence-electron chi connectivity index (χ3n) is 5.16. The summed E-state index contributed by atoms with van der Waals surface area (Å²) in [4.78, 5) is 1.94. The van der Waals surface area contributed by atoms with Crippen LogP contribution < -0.4 is 0 Å². The van der Waals surface area contributed by atoms with E-state index in [1.165, 1.54) is 0 Å². The maximum atomic E-state index is 14.2. The van der Waals surface area contributed by atoms with Crippen molar-refractivity contribution >= 4 is 0 Å². The Morgan fingerprint density at radius 1 is 1.25 bits per heavy atom. The molecule has 1 unspecified atom stereocenters. The van der Waals surface area contributed by atoms with Crippen LogP contribution in [0.15, 0.2) is 42.7 Å². The topological polar surface area (TPSA) is 54.2 Å². The molecule has 5 nitrogen and oxygen atoms in total. The summed E-state index contributed by atoms with van der Waals surface area (Å²) in [5, 5.41) is 18.3. The Balaban J connectivity index is 1.38. The number of nitrogens with zero attached hydrogens (tertiary/aromatic N) is 4. The van der Waals surface area contributed by atoms with Gasteiger partial charge in [-0.15, -0.1) is 5.10 Å². The van der Waals surface area contributed by atoms with Crippen LogP contribution in [0.5, 0.6) is 0 Å². The molecule has 4 rings (SSSR count). The third-order valence-corrected chi connectivity index (χ3v) is 5.16. The molecule has 1 saturated carbocycles. The molecule has 0 bridgehead atoms. The van der Waals surface area contributed by atoms with Crippen molar-refractivity contribution in [3.05, 3.63) is 48.3 Å². The number of hydrogen-bond acceptors (Lipinski definition) is 4. The van der Waals surface area contributed by atoms with Gasteiger partial charge < -0.3 is 5.11 Å². The summed E-state index contributed by atoms with van der Waals surface area (Å²) in [6.07, 6.45) is 3.81. The minimum Gasteiger partial charge on any atom is -0.387 e. The van der Waals surface area contributed by atoms with Crippen LogP contribution in [0.3, 0.4) is 0 Å². The van der Waals surface area contributed by atoms with Crippen LogP contribution >= 0.6 is 0 Å². The predicted molar refractivity (Wildman–Crippen MR) is 83.6 cm³/mol. The molecule has 0 spiro atoms. The largest absolute Gasteiger partial charge is 0.387 e. The van der Waals surface area contributed by atoms with Gasteiger partial charge in [0.1, 0.15) is 0 Å². The van der Waals surface area contributed by atoms with Gasteiger partial charge in [-0.25, -0.2) is 13.5 Å². The lowest BCUT2D eigenvalue weighted by atomic mass is 10.0. The van der Waals surface area contributed by atoms with Gasteiger partial charge >= 0.3 is 0 Å². The lowest BCUT2D eigenvalue weighted by Crippen LogP contribution is -2.38. The highest BCUT2D eigenvalue weighted by molar-refractivity contribution is 5.32. The summed E-state index contributed by atoms with van der Waals surface area (Å²) in [6, 6.07) is 8.97. The van der Waals surface area contributed by atoms with Crippen molar-refractivity contribution < 1.29 is 13.9 Å². The minimum atomic E-state index is -2.66. The Bertz CT molecular complexity index is 694. The standard InChI is InChI=1S/C17H20F2N4O/c18-17(19)14(15(17)13-4-2-1-3-5-13)10-22-8-6-16(24,11-22)12-23-9-7-20-21-23/h1-5,7,9,14-15,24H,6,8,10-12H2/t14-,15-,16?/m1/s1. The van der Waals surface area contributed by atoms with Crippen LogP contribution in [0, 0.1) is 5.92 Å². The molecule has 24 heavy (non-hydrogen) atoms. The van der Waals surface area contributed by atoms with E-state index in [0.717, 1.165) is 0 Å². The van der Waals surface area contributed by atoms with E-state index in [0.29, 0.717) is 38.2 Å². The maximum absolute atomic E-state index is 14.2. The van der Waals surface area contributed by atoms with E-state index >= 15 is 0 Å². The first-order valence-electron chi connectivity index (χ1n) is 8.20. The molecule has 0 radical (unpaired) electrons. The van der Waals surface area contributed by atoms with Crippen LogP contribution in [-0.2, 0) is 6.54 Å². The molecule has 3 atom stereocenters. The highest BCUT2D eigenvalue weighted by Crippen LogP contribution is 2.61. The first-order valence-corrected chi connectivity index (χ1v) is 8.20. The van der Waals surface area contributed by atoms with E-state index in [1.54, 1.807) is 41.3 Å². The second-order valence-corrected chi connectivity index (χ2v) is 6.98. The SMILES string of the molecule is OC1(Cn2ccnn2)CCN(C[C@@H]2[C@@H](c3ccccc3)C2(F)F)C1. The molecule has 128 valence electrons. The molecular formula is C17H20F2N4O. The van der Waals surface area contributed by atoms with Crippen molar-refractivity contribution in [2.45, 2.75) is 30.4 Å².